The van der Waals surface area contributed by atoms with Crippen LogP contribution in [0.4, 0.5) is 0 Å². The number of hydrogen-bond donors (Lipinski definition) is 0. The molecular formula is C4H13AuP-4. The monoisotopic (exact) mass is 289 g/mol. The molecule has 0 aliphatic rings. The zero-order chi connectivity index (χ0) is 2.00. The van der Waals surface area contributed by atoms with Crippen LogP contribution in [0.2, 0.25) is 0 Å². The average Bonchev–Trinajstić information content (AvgIpc) is 1.00. The first kappa shape index (κ1) is 58.0. The number of hydrogen-bond acceptors (Lipinski definition) is 0. The van der Waals surface area contributed by atoms with Crippen molar-refractivity contribution in [1.29, 1.82) is 0 Å². The van der Waals surface area contributed by atoms with E-state index in [1.165, 1.54) is 0 Å². The first-order valence-electron chi connectivity index (χ1n) is 0.408. The zero-order valence-electron chi connectivity index (χ0n) is 4.59. The Balaban J connectivity index is -0.000000000833. The molecular weight excluding hydrogens is 276 g/mol. The van der Waals surface area contributed by atoms with Crippen LogP contribution in [0.1, 0.15) is 0 Å². The largest absolute Gasteiger partial charge is 0.358 e. The summed E-state index contributed by atoms with van der Waals surface area (Å²) >= 11 is 0. The quantitative estimate of drug-likeness (QED) is 0.363. The second kappa shape index (κ2) is 120. The Morgan fingerprint density at radius 3 is 0.833 bits per heavy atom. The molecule has 0 aromatic rings. The summed E-state index contributed by atoms with van der Waals surface area (Å²) in [4.78, 5) is 0. The normalized spacial score (nSPS) is 1.00. The Labute approximate surface area is 60.8 Å². The number of rotatable bonds is 0. The van der Waals surface area contributed by atoms with Gasteiger partial charge in [0, 0.05) is 22.4 Å². The molecule has 0 aliphatic heterocycles. The van der Waals surface area contributed by atoms with E-state index < -0.39 is 0 Å². The maximum atomic E-state index is 3.17. The molecule has 0 aromatic carbocycles. The summed E-state index contributed by atoms with van der Waals surface area (Å²) in [5, 5.41) is 0. The Bertz CT molecular complexity index is 7.51. The van der Waals surface area contributed by atoms with Gasteiger partial charge >= 0.3 is 0 Å². The van der Waals surface area contributed by atoms with Crippen molar-refractivity contribution in [2.45, 2.75) is 0 Å². The molecule has 49 valence electrons. The van der Waals surface area contributed by atoms with E-state index in [9.17, 15) is 0 Å². The van der Waals surface area contributed by atoms with Crippen molar-refractivity contribution in [3.8, 4) is 0 Å². The fraction of sp³-hybridized carbons (Fsp3) is 0. The zero-order valence-corrected chi connectivity index (χ0v) is 7.91. The smallest absolute Gasteiger partial charge is 0 e. The summed E-state index contributed by atoms with van der Waals surface area (Å²) in [5.41, 5.74) is 0. The van der Waals surface area contributed by atoms with E-state index in [2.05, 4.69) is 15.9 Å². The van der Waals surface area contributed by atoms with Gasteiger partial charge in [0.2, 0.25) is 0 Å². The van der Waals surface area contributed by atoms with Crippen LogP contribution in [-0.4, -0.2) is 0 Å². The van der Waals surface area contributed by atoms with Gasteiger partial charge in [-0.2, -0.15) is 0 Å². The van der Waals surface area contributed by atoms with Gasteiger partial charge in [-0.25, -0.2) is 0 Å². The van der Waals surface area contributed by atoms with Crippen LogP contribution in [0.15, 0.2) is 0 Å². The van der Waals surface area contributed by atoms with E-state index >= 15 is 0 Å². The van der Waals surface area contributed by atoms with E-state index in [1.807, 2.05) is 0 Å². The SMILES string of the molecule is [Au].[CH2-]P.[CH3-].[CH3-].[CH3-]. The van der Waals surface area contributed by atoms with Gasteiger partial charge in [0.1, 0.15) is 0 Å². The Morgan fingerprint density at radius 2 is 0.833 bits per heavy atom. The van der Waals surface area contributed by atoms with Crippen molar-refractivity contribution in [3.63, 3.8) is 0 Å². The molecule has 0 aromatic heterocycles. The first-order valence-corrected chi connectivity index (χ1v) is 1.22. The molecule has 0 fully saturated rings. The summed E-state index contributed by atoms with van der Waals surface area (Å²) in [7, 11) is 2.17. The van der Waals surface area contributed by atoms with Crippen LogP contribution in [0.3, 0.4) is 0 Å². The van der Waals surface area contributed by atoms with Crippen molar-refractivity contribution < 1.29 is 22.4 Å². The topological polar surface area (TPSA) is 0 Å². The first-order chi connectivity index (χ1) is 1.00. The predicted molar refractivity (Wildman–Crippen MR) is 34.3 cm³/mol. The Morgan fingerprint density at radius 1 is 0.833 bits per heavy atom. The molecule has 0 rings (SSSR count). The van der Waals surface area contributed by atoms with Gasteiger partial charge in [-0.3, -0.25) is 0 Å². The molecule has 1 unspecified atom stereocenters. The maximum absolute atomic E-state index is 3.17. The molecule has 1 radical (unpaired) electrons. The van der Waals surface area contributed by atoms with Gasteiger partial charge in [0.15, 0.2) is 0 Å². The van der Waals surface area contributed by atoms with E-state index in [-0.39, 0.29) is 44.7 Å². The van der Waals surface area contributed by atoms with E-state index in [1.54, 1.807) is 0 Å². The Kier molecular flexibility index (Phi) is 1160. The molecule has 0 bridgehead atoms. The average molecular weight is 289 g/mol. The minimum Gasteiger partial charge on any atom is -0.358 e. The van der Waals surface area contributed by atoms with Crippen molar-refractivity contribution >= 4 is 9.24 Å². The van der Waals surface area contributed by atoms with Gasteiger partial charge in [-0.1, -0.05) is 0 Å². The fourth-order valence-electron chi connectivity index (χ4n) is 0. The standard InChI is InChI=1S/CH4P.3CH3.Au/c1-2;;;;/h1-2H2;3*1H3;/q4*-1;. The molecule has 0 heterocycles. The molecule has 0 spiro atoms. The van der Waals surface area contributed by atoms with E-state index in [0.29, 0.717) is 0 Å². The van der Waals surface area contributed by atoms with Crippen molar-refractivity contribution in [2.75, 3.05) is 0 Å². The van der Waals surface area contributed by atoms with Crippen molar-refractivity contribution in [1.82, 2.24) is 0 Å². The summed E-state index contributed by atoms with van der Waals surface area (Å²) in [6.45, 7) is 3.17. The van der Waals surface area contributed by atoms with Gasteiger partial charge in [0.05, 0.1) is 0 Å². The van der Waals surface area contributed by atoms with Crippen molar-refractivity contribution in [3.05, 3.63) is 28.9 Å². The molecule has 0 nitrogen and oxygen atoms in total. The van der Waals surface area contributed by atoms with Crippen LogP contribution < -0.4 is 0 Å². The molecule has 1 atom stereocenters. The molecule has 0 amide bonds. The molecule has 0 saturated heterocycles. The van der Waals surface area contributed by atoms with Crippen LogP contribution in [0, 0.1) is 28.9 Å². The van der Waals surface area contributed by atoms with Crippen LogP contribution in [0.5, 0.6) is 0 Å². The van der Waals surface area contributed by atoms with Crippen LogP contribution >= 0.6 is 9.24 Å². The van der Waals surface area contributed by atoms with Gasteiger partial charge in [-0.15, -0.1) is 0 Å². The second-order valence-corrected chi connectivity index (χ2v) is 0. The summed E-state index contributed by atoms with van der Waals surface area (Å²) in [6.07, 6.45) is 0. The van der Waals surface area contributed by atoms with Crippen LogP contribution in [0.25, 0.3) is 0 Å². The third-order valence-electron chi connectivity index (χ3n) is 0. The van der Waals surface area contributed by atoms with Gasteiger partial charge in [-0.05, 0) is 0 Å². The molecule has 0 N–H and O–H groups in total. The minimum absolute atomic E-state index is 0. The molecule has 2 heteroatoms. The molecule has 0 saturated carbocycles. The summed E-state index contributed by atoms with van der Waals surface area (Å²) in [6, 6.07) is 0. The maximum Gasteiger partial charge on any atom is 0 e. The summed E-state index contributed by atoms with van der Waals surface area (Å²) in [5.74, 6) is 0. The second-order valence-electron chi connectivity index (χ2n) is 0. The molecule has 6 heavy (non-hydrogen) atoms. The minimum atomic E-state index is 0. The fourth-order valence-corrected chi connectivity index (χ4v) is 0. The van der Waals surface area contributed by atoms with Crippen LogP contribution in [-0.2, 0) is 22.4 Å². The summed E-state index contributed by atoms with van der Waals surface area (Å²) < 4.78 is 0. The predicted octanol–water partition coefficient (Wildman–Crippen LogP) is 2.00. The van der Waals surface area contributed by atoms with Gasteiger partial charge < -0.3 is 38.2 Å². The van der Waals surface area contributed by atoms with E-state index in [0.717, 1.165) is 0 Å². The Hall–Kier alpha value is 1.17. The molecule has 0 aliphatic carbocycles. The van der Waals surface area contributed by atoms with E-state index in [4.69, 9.17) is 0 Å². The third-order valence-corrected chi connectivity index (χ3v) is 0. The van der Waals surface area contributed by atoms with Gasteiger partial charge in [0.25, 0.3) is 0 Å². The van der Waals surface area contributed by atoms with Crippen molar-refractivity contribution in [2.24, 2.45) is 0 Å². The third kappa shape index (κ3) is 65.7.